The first-order chi connectivity index (χ1) is 27.2. The molecule has 0 heterocycles. The molecule has 0 spiro atoms. The number of carboxylic acids is 1. The van der Waals surface area contributed by atoms with Gasteiger partial charge in [0.05, 0.1) is 5.41 Å². The number of hydrogen-bond acceptors (Lipinski definition) is 1. The van der Waals surface area contributed by atoms with Gasteiger partial charge in [-0.2, -0.15) is 0 Å². The Morgan fingerprint density at radius 2 is 0.527 bits per heavy atom. The van der Waals surface area contributed by atoms with Crippen LogP contribution in [0.3, 0.4) is 0 Å². The molecule has 0 radical (unpaired) electrons. The fourth-order valence-electron chi connectivity index (χ4n) is 12.7. The molecule has 320 valence electrons. The lowest BCUT2D eigenvalue weighted by Crippen LogP contribution is -2.49. The Hall–Kier alpha value is -0.790. The summed E-state index contributed by atoms with van der Waals surface area (Å²) in [6.45, 7) is 2.57. The third kappa shape index (κ3) is 16.8. The molecule has 2 heteroatoms. The Morgan fingerprint density at radius 1 is 0.327 bits per heavy atom. The van der Waals surface area contributed by atoms with Gasteiger partial charge in [0, 0.05) is 0 Å². The first-order valence-electron chi connectivity index (χ1n) is 26.1. The molecular formula is C53H96O2. The van der Waals surface area contributed by atoms with E-state index in [9.17, 15) is 5.11 Å². The van der Waals surface area contributed by atoms with Crippen molar-refractivity contribution < 1.29 is 9.90 Å². The normalized spacial score (nSPS) is 25.8. The van der Waals surface area contributed by atoms with Crippen molar-refractivity contribution in [3.8, 4) is 0 Å². The molecule has 0 aliphatic heterocycles. The summed E-state index contributed by atoms with van der Waals surface area (Å²) in [6.07, 6.45) is 58.4. The van der Waals surface area contributed by atoms with Crippen molar-refractivity contribution in [3.05, 3.63) is 11.1 Å². The van der Waals surface area contributed by atoms with E-state index in [1.54, 1.807) is 11.1 Å². The van der Waals surface area contributed by atoms with Crippen molar-refractivity contribution in [2.24, 2.45) is 29.1 Å². The highest BCUT2D eigenvalue weighted by Crippen LogP contribution is 2.57. The predicted molar refractivity (Wildman–Crippen MR) is 240 cm³/mol. The molecule has 2 nitrogen and oxygen atoms in total. The number of carbonyl (C=O) groups is 1. The highest BCUT2D eigenvalue weighted by atomic mass is 16.4. The lowest BCUT2D eigenvalue weighted by atomic mass is 9.53. The summed E-state index contributed by atoms with van der Waals surface area (Å²) in [5, 5.41) is 12.6. The number of carboxylic acid groups (broad SMARTS) is 1. The van der Waals surface area contributed by atoms with Crippen LogP contribution in [-0.2, 0) is 4.79 Å². The summed E-state index contributed by atoms with van der Waals surface area (Å²) in [5.74, 6) is 1.25. The predicted octanol–water partition coefficient (Wildman–Crippen LogP) is 18.1. The zero-order valence-corrected chi connectivity index (χ0v) is 37.3. The van der Waals surface area contributed by atoms with Crippen LogP contribution < -0.4 is 0 Å². The number of allylic oxidation sites excluding steroid dienone is 1. The van der Waals surface area contributed by atoms with E-state index in [0.717, 1.165) is 25.7 Å². The first kappa shape index (κ1) is 46.9. The Labute approximate surface area is 344 Å². The zero-order chi connectivity index (χ0) is 38.7. The molecule has 0 aromatic rings. The maximum absolute atomic E-state index is 15.3. The van der Waals surface area contributed by atoms with Crippen molar-refractivity contribution in [3.63, 3.8) is 0 Å². The number of hydrogen-bond donors (Lipinski definition) is 1. The first-order valence-corrected chi connectivity index (χ1v) is 26.1. The van der Waals surface area contributed by atoms with Gasteiger partial charge in [0.25, 0.3) is 0 Å². The van der Waals surface area contributed by atoms with Crippen LogP contribution in [-0.4, -0.2) is 11.1 Å². The molecule has 4 fully saturated rings. The molecule has 0 atom stereocenters. The van der Waals surface area contributed by atoms with E-state index in [0.29, 0.717) is 23.7 Å². The summed E-state index contributed by atoms with van der Waals surface area (Å²) in [6, 6.07) is 0. The average Bonchev–Trinajstić information content (AvgIpc) is 3.15. The van der Waals surface area contributed by atoms with Crippen molar-refractivity contribution in [1.29, 1.82) is 0 Å². The molecule has 4 rings (SSSR count). The monoisotopic (exact) mass is 765 g/mol. The van der Waals surface area contributed by atoms with E-state index in [1.165, 1.54) is 257 Å². The van der Waals surface area contributed by atoms with Crippen LogP contribution in [0.15, 0.2) is 11.1 Å². The average molecular weight is 765 g/mol. The van der Waals surface area contributed by atoms with Crippen LogP contribution in [0.25, 0.3) is 0 Å². The van der Waals surface area contributed by atoms with Crippen LogP contribution in [0.5, 0.6) is 0 Å². The summed E-state index contributed by atoms with van der Waals surface area (Å²) >= 11 is 0. The van der Waals surface area contributed by atoms with Crippen LogP contribution in [0.4, 0.5) is 0 Å². The van der Waals surface area contributed by atoms with Gasteiger partial charge >= 0.3 is 5.97 Å². The van der Waals surface area contributed by atoms with Crippen LogP contribution in [0.2, 0.25) is 0 Å². The van der Waals surface area contributed by atoms with Gasteiger partial charge in [-0.25, -0.2) is 0 Å². The summed E-state index contributed by atoms with van der Waals surface area (Å²) in [4.78, 5) is 15.3. The van der Waals surface area contributed by atoms with Gasteiger partial charge in [0.15, 0.2) is 0 Å². The second-order valence-corrected chi connectivity index (χ2v) is 20.1. The second kappa shape index (κ2) is 29.4. The van der Waals surface area contributed by atoms with E-state index < -0.39 is 5.41 Å². The molecule has 0 aromatic heterocycles. The molecule has 1 N–H and O–H groups in total. The van der Waals surface area contributed by atoms with Gasteiger partial charge in [-0.05, 0) is 82.0 Å². The molecule has 0 bridgehead atoms. The van der Waals surface area contributed by atoms with Crippen LogP contribution in [0.1, 0.15) is 289 Å². The maximum atomic E-state index is 15.3. The number of rotatable bonds is 6. The third-order valence-electron chi connectivity index (χ3n) is 16.0. The SMILES string of the molecule is C/C(=C(/C1CCCCCCCCCCC1)C(C(=O)O)(C1CCCCCCCCCCC1)C1CCCCCCCCCCC1)C1CCCCCCCCCCC1. The van der Waals surface area contributed by atoms with Gasteiger partial charge in [0.2, 0.25) is 0 Å². The van der Waals surface area contributed by atoms with Gasteiger partial charge in [-0.3, -0.25) is 4.79 Å². The molecule has 4 saturated carbocycles. The Balaban J connectivity index is 1.91. The molecule has 0 unspecified atom stereocenters. The minimum Gasteiger partial charge on any atom is -0.481 e. The molecule has 4 aliphatic rings. The molecule has 4 aliphatic carbocycles. The zero-order valence-electron chi connectivity index (χ0n) is 37.3. The van der Waals surface area contributed by atoms with E-state index in [1.807, 2.05) is 0 Å². The van der Waals surface area contributed by atoms with Crippen LogP contribution >= 0.6 is 0 Å². The quantitative estimate of drug-likeness (QED) is 0.274. The van der Waals surface area contributed by atoms with E-state index in [-0.39, 0.29) is 5.97 Å². The second-order valence-electron chi connectivity index (χ2n) is 20.1. The highest BCUT2D eigenvalue weighted by molar-refractivity contribution is 5.80. The molecule has 0 amide bonds. The molecule has 0 aromatic carbocycles. The largest absolute Gasteiger partial charge is 0.481 e. The summed E-state index contributed by atoms with van der Waals surface area (Å²) in [5.41, 5.74) is 2.53. The minimum absolute atomic E-state index is 0.292. The lowest BCUT2D eigenvalue weighted by molar-refractivity contribution is -0.156. The van der Waals surface area contributed by atoms with Crippen molar-refractivity contribution in [2.75, 3.05) is 0 Å². The Kier molecular flexibility index (Phi) is 25.1. The van der Waals surface area contributed by atoms with E-state index in [2.05, 4.69) is 6.92 Å². The molecular weight excluding hydrogens is 669 g/mol. The lowest BCUT2D eigenvalue weighted by Gasteiger charge is -2.50. The van der Waals surface area contributed by atoms with Gasteiger partial charge in [-0.1, -0.05) is 242 Å². The smallest absolute Gasteiger partial charge is 0.314 e. The summed E-state index contributed by atoms with van der Waals surface area (Å²) < 4.78 is 0. The molecule has 55 heavy (non-hydrogen) atoms. The fourth-order valence-corrected chi connectivity index (χ4v) is 12.7. The fraction of sp³-hybridized carbons (Fsp3) is 0.943. The third-order valence-corrected chi connectivity index (χ3v) is 16.0. The Morgan fingerprint density at radius 3 is 0.764 bits per heavy atom. The van der Waals surface area contributed by atoms with Crippen molar-refractivity contribution in [1.82, 2.24) is 0 Å². The van der Waals surface area contributed by atoms with E-state index >= 15 is 4.79 Å². The summed E-state index contributed by atoms with van der Waals surface area (Å²) in [7, 11) is 0. The minimum atomic E-state index is -0.691. The number of aliphatic carboxylic acids is 1. The van der Waals surface area contributed by atoms with Gasteiger partial charge in [-0.15, -0.1) is 0 Å². The Bertz CT molecular complexity index is 916. The van der Waals surface area contributed by atoms with Crippen LogP contribution in [0, 0.1) is 29.1 Å². The highest BCUT2D eigenvalue weighted by Gasteiger charge is 2.55. The van der Waals surface area contributed by atoms with E-state index in [4.69, 9.17) is 0 Å². The topological polar surface area (TPSA) is 37.3 Å². The standard InChI is InChI=1S/C53H96O2/c1-46(47-38-30-22-14-6-2-7-15-23-31-39-47)51(48-40-32-24-16-8-3-9-17-25-33-41-48)53(52(54)55,49-42-34-26-18-10-4-11-19-27-35-43-49)50-44-36-28-20-12-5-13-21-29-37-45-50/h47-50H,2-45H2,1H3,(H,54,55)/b51-46+. The van der Waals surface area contributed by atoms with Gasteiger partial charge < -0.3 is 5.11 Å². The molecule has 0 saturated heterocycles. The van der Waals surface area contributed by atoms with Gasteiger partial charge in [0.1, 0.15) is 0 Å². The van der Waals surface area contributed by atoms with Crippen molar-refractivity contribution in [2.45, 2.75) is 289 Å². The maximum Gasteiger partial charge on any atom is 0.314 e. The van der Waals surface area contributed by atoms with Crippen molar-refractivity contribution >= 4 is 5.97 Å².